The van der Waals surface area contributed by atoms with Crippen LogP contribution in [0.1, 0.15) is 11.1 Å². The fourth-order valence-corrected chi connectivity index (χ4v) is 3.13. The standard InChI is InChI=1S/C21H15N3O4S/c25-24(26)19-12-14-20(15-13-19)29(27,28)23-22-21(18-9-5-2-6-10-18)16-11-17-7-3-1-4-8-17/h1-10,12-15,23H/b22-21-. The predicted octanol–water partition coefficient (Wildman–Crippen LogP) is 3.33. The Balaban J connectivity index is 1.91. The van der Waals surface area contributed by atoms with Gasteiger partial charge in [-0.15, -0.1) is 0 Å². The highest BCUT2D eigenvalue weighted by Gasteiger charge is 2.15. The largest absolute Gasteiger partial charge is 0.276 e. The van der Waals surface area contributed by atoms with Crippen molar-refractivity contribution >= 4 is 21.4 Å². The van der Waals surface area contributed by atoms with Gasteiger partial charge in [0.05, 0.1) is 9.82 Å². The van der Waals surface area contributed by atoms with Crippen molar-refractivity contribution in [3.8, 4) is 11.8 Å². The fourth-order valence-electron chi connectivity index (χ4n) is 2.32. The summed E-state index contributed by atoms with van der Waals surface area (Å²) < 4.78 is 25.0. The third kappa shape index (κ3) is 5.28. The first-order valence-electron chi connectivity index (χ1n) is 8.42. The summed E-state index contributed by atoms with van der Waals surface area (Å²) in [5.74, 6) is 5.83. The van der Waals surface area contributed by atoms with Gasteiger partial charge >= 0.3 is 0 Å². The number of hydrogen-bond donors (Lipinski definition) is 1. The lowest BCUT2D eigenvalue weighted by Crippen LogP contribution is -2.20. The Morgan fingerprint density at radius 3 is 2.07 bits per heavy atom. The van der Waals surface area contributed by atoms with Crippen molar-refractivity contribution in [2.75, 3.05) is 0 Å². The second kappa shape index (κ2) is 8.82. The molecule has 8 heteroatoms. The lowest BCUT2D eigenvalue weighted by atomic mass is 10.1. The van der Waals surface area contributed by atoms with Crippen LogP contribution < -0.4 is 4.83 Å². The molecule has 0 aliphatic carbocycles. The molecule has 3 aromatic rings. The summed E-state index contributed by atoms with van der Waals surface area (Å²) in [7, 11) is -4.02. The third-order valence-corrected chi connectivity index (χ3v) is 5.01. The van der Waals surface area contributed by atoms with Crippen molar-refractivity contribution in [1.82, 2.24) is 4.83 Å². The molecule has 0 aliphatic heterocycles. The van der Waals surface area contributed by atoms with Gasteiger partial charge in [0.1, 0.15) is 5.71 Å². The first-order valence-corrected chi connectivity index (χ1v) is 9.90. The van der Waals surface area contributed by atoms with Gasteiger partial charge in [-0.2, -0.15) is 18.4 Å². The molecule has 0 atom stereocenters. The maximum absolute atomic E-state index is 12.5. The molecule has 0 aromatic heterocycles. The normalized spacial score (nSPS) is 11.2. The molecule has 7 nitrogen and oxygen atoms in total. The summed E-state index contributed by atoms with van der Waals surface area (Å²) in [5.41, 5.74) is 1.43. The highest BCUT2D eigenvalue weighted by molar-refractivity contribution is 7.89. The van der Waals surface area contributed by atoms with E-state index in [9.17, 15) is 18.5 Å². The number of nitrogens with one attached hydrogen (secondary N) is 1. The molecule has 3 rings (SSSR count). The Morgan fingerprint density at radius 1 is 0.897 bits per heavy atom. The number of benzene rings is 3. The molecule has 0 unspecified atom stereocenters. The van der Waals surface area contributed by atoms with E-state index in [1.54, 1.807) is 24.3 Å². The van der Waals surface area contributed by atoms with Gasteiger partial charge in [-0.25, -0.2) is 0 Å². The van der Waals surface area contributed by atoms with Crippen molar-refractivity contribution in [2.45, 2.75) is 4.90 Å². The summed E-state index contributed by atoms with van der Waals surface area (Å²) >= 11 is 0. The maximum Gasteiger partial charge on any atom is 0.276 e. The predicted molar refractivity (Wildman–Crippen MR) is 110 cm³/mol. The van der Waals surface area contributed by atoms with Crippen LogP contribution in [0, 0.1) is 22.0 Å². The minimum atomic E-state index is -4.02. The van der Waals surface area contributed by atoms with E-state index in [0.717, 1.165) is 29.8 Å². The fraction of sp³-hybridized carbons (Fsp3) is 0. The molecule has 3 aromatic carbocycles. The zero-order valence-electron chi connectivity index (χ0n) is 15.0. The summed E-state index contributed by atoms with van der Waals surface area (Å²) in [4.78, 5) is 12.1. The lowest BCUT2D eigenvalue weighted by Gasteiger charge is -2.05. The molecule has 0 radical (unpaired) electrons. The average molecular weight is 405 g/mol. The van der Waals surface area contributed by atoms with E-state index in [1.165, 1.54) is 0 Å². The highest BCUT2D eigenvalue weighted by atomic mass is 32.2. The number of nitro groups is 1. The van der Waals surface area contributed by atoms with E-state index in [4.69, 9.17) is 0 Å². The van der Waals surface area contributed by atoms with Crippen molar-refractivity contribution in [1.29, 1.82) is 0 Å². The molecular weight excluding hydrogens is 390 g/mol. The second-order valence-electron chi connectivity index (χ2n) is 5.79. The van der Waals surface area contributed by atoms with Crippen LogP contribution >= 0.6 is 0 Å². The molecule has 0 saturated heterocycles. The Bertz CT molecular complexity index is 1200. The van der Waals surface area contributed by atoms with Crippen LogP contribution in [0.25, 0.3) is 0 Å². The molecule has 29 heavy (non-hydrogen) atoms. The average Bonchev–Trinajstić information content (AvgIpc) is 2.75. The van der Waals surface area contributed by atoms with Crippen LogP contribution in [-0.4, -0.2) is 19.1 Å². The van der Waals surface area contributed by atoms with Gasteiger partial charge in [-0.05, 0) is 30.2 Å². The maximum atomic E-state index is 12.5. The van der Waals surface area contributed by atoms with E-state index in [-0.39, 0.29) is 16.3 Å². The minimum absolute atomic E-state index is 0.143. The summed E-state index contributed by atoms with van der Waals surface area (Å²) in [6.07, 6.45) is 0. The second-order valence-corrected chi connectivity index (χ2v) is 7.45. The van der Waals surface area contributed by atoms with Crippen LogP contribution in [0.3, 0.4) is 0 Å². The topological polar surface area (TPSA) is 102 Å². The Kier molecular flexibility index (Phi) is 6.02. The van der Waals surface area contributed by atoms with Crippen LogP contribution in [0.15, 0.2) is 94.9 Å². The van der Waals surface area contributed by atoms with E-state index in [1.807, 2.05) is 36.4 Å². The first-order chi connectivity index (χ1) is 14.0. The van der Waals surface area contributed by atoms with Gasteiger partial charge in [0, 0.05) is 23.3 Å². The number of hydrogen-bond acceptors (Lipinski definition) is 5. The Labute approximate surface area is 167 Å². The van der Waals surface area contributed by atoms with E-state index < -0.39 is 14.9 Å². The third-order valence-electron chi connectivity index (χ3n) is 3.78. The molecule has 0 saturated carbocycles. The molecule has 1 N–H and O–H groups in total. The van der Waals surface area contributed by atoms with Gasteiger partial charge in [-0.3, -0.25) is 10.1 Å². The molecule has 0 amide bonds. The van der Waals surface area contributed by atoms with Gasteiger partial charge in [0.15, 0.2) is 0 Å². The number of rotatable bonds is 5. The van der Waals surface area contributed by atoms with Crippen molar-refractivity contribution < 1.29 is 13.3 Å². The molecule has 0 heterocycles. The molecule has 144 valence electrons. The summed E-state index contributed by atoms with van der Waals surface area (Å²) in [6.45, 7) is 0. The molecule has 0 aliphatic rings. The zero-order chi connectivity index (χ0) is 20.7. The van der Waals surface area contributed by atoms with E-state index >= 15 is 0 Å². The minimum Gasteiger partial charge on any atom is -0.258 e. The van der Waals surface area contributed by atoms with Crippen molar-refractivity contribution in [3.05, 3.63) is 106 Å². The monoisotopic (exact) mass is 405 g/mol. The van der Waals surface area contributed by atoms with Crippen molar-refractivity contribution in [2.24, 2.45) is 5.10 Å². The molecule has 0 fully saturated rings. The van der Waals surface area contributed by atoms with Gasteiger partial charge in [0.25, 0.3) is 15.7 Å². The number of nitrogens with zero attached hydrogens (tertiary/aromatic N) is 2. The van der Waals surface area contributed by atoms with Crippen LogP contribution in [0.2, 0.25) is 0 Å². The molecule has 0 spiro atoms. The smallest absolute Gasteiger partial charge is 0.258 e. The van der Waals surface area contributed by atoms with Gasteiger partial charge < -0.3 is 0 Å². The number of hydrazone groups is 1. The van der Waals surface area contributed by atoms with E-state index in [0.29, 0.717) is 5.56 Å². The van der Waals surface area contributed by atoms with Crippen LogP contribution in [-0.2, 0) is 10.0 Å². The number of sulfonamides is 1. The SMILES string of the molecule is O=[N+]([O-])c1ccc(S(=O)(=O)N/N=C(/C#Cc2ccccc2)c2ccccc2)cc1. The summed E-state index contributed by atoms with van der Waals surface area (Å²) in [5, 5.41) is 14.7. The number of nitro benzene ring substituents is 1. The van der Waals surface area contributed by atoms with E-state index in [2.05, 4.69) is 21.8 Å². The lowest BCUT2D eigenvalue weighted by molar-refractivity contribution is -0.384. The zero-order valence-corrected chi connectivity index (χ0v) is 15.8. The Hall–Kier alpha value is -3.96. The highest BCUT2D eigenvalue weighted by Crippen LogP contribution is 2.15. The van der Waals surface area contributed by atoms with Crippen LogP contribution in [0.5, 0.6) is 0 Å². The first kappa shape index (κ1) is 19.8. The van der Waals surface area contributed by atoms with Crippen molar-refractivity contribution in [3.63, 3.8) is 0 Å². The molecule has 0 bridgehead atoms. The van der Waals surface area contributed by atoms with Crippen LogP contribution in [0.4, 0.5) is 5.69 Å². The summed E-state index contributed by atoms with van der Waals surface area (Å²) in [6, 6.07) is 22.7. The molecular formula is C21H15N3O4S. The Morgan fingerprint density at radius 2 is 1.48 bits per heavy atom. The van der Waals surface area contributed by atoms with Gasteiger partial charge in [-0.1, -0.05) is 54.5 Å². The van der Waals surface area contributed by atoms with Gasteiger partial charge in [0.2, 0.25) is 0 Å². The quantitative estimate of drug-likeness (QED) is 0.304. The number of non-ortho nitro benzene ring substituents is 1.